The fourth-order valence-corrected chi connectivity index (χ4v) is 5.44. The van der Waals surface area contributed by atoms with Crippen LogP contribution in [0.25, 0.3) is 0 Å². The number of hydrogen-bond donors (Lipinski definition) is 1. The van der Waals surface area contributed by atoms with Crippen molar-refractivity contribution >= 4 is 0 Å². The molecule has 0 bridgehead atoms. The average molecular weight is 504 g/mol. The zero-order valence-corrected chi connectivity index (χ0v) is 21.2. The number of β-amino-alcohol motifs (C(OH)–C–C–N with tert-alkyl or cyclic N) is 1. The van der Waals surface area contributed by atoms with Crippen LogP contribution in [0.2, 0.25) is 0 Å². The molecular weight excluding hydrogens is 466 g/mol. The number of nitrogens with zero attached hydrogens (tertiary/aromatic N) is 1. The minimum Gasteiger partial charge on any atom is -0.395 e. The predicted molar refractivity (Wildman–Crippen MR) is 142 cm³/mol. The Morgan fingerprint density at radius 3 is 1.84 bits per heavy atom. The van der Waals surface area contributed by atoms with E-state index in [1.165, 1.54) is 0 Å². The third-order valence-corrected chi connectivity index (χ3v) is 7.23. The Hall–Kier alpha value is -2.58. The van der Waals surface area contributed by atoms with Crippen molar-refractivity contribution in [2.45, 2.75) is 56.7 Å². The minimum atomic E-state index is -0.319. The lowest BCUT2D eigenvalue weighted by Crippen LogP contribution is -2.62. The molecule has 3 aromatic carbocycles. The third kappa shape index (κ3) is 6.85. The van der Waals surface area contributed by atoms with Gasteiger partial charge in [0, 0.05) is 13.1 Å². The number of benzene rings is 3. The standard InChI is InChI=1S/C31H37NO5/c33-19-18-32-17-16-27-29(32)31(36-22-26-14-8-3-9-15-26)30(35-21-25-12-6-2-7-13-25)28(37-27)23-34-20-24-10-4-1-5-11-24/h1-15,27-31,33H,16-23H2. The fourth-order valence-electron chi connectivity index (χ4n) is 5.44. The number of aliphatic hydroxyl groups excluding tert-OH is 1. The van der Waals surface area contributed by atoms with Crippen LogP contribution in [-0.4, -0.2) is 66.8 Å². The lowest BCUT2D eigenvalue weighted by molar-refractivity contribution is -0.236. The molecular formula is C31H37NO5. The minimum absolute atomic E-state index is 0.00854. The van der Waals surface area contributed by atoms with Gasteiger partial charge in [0.15, 0.2) is 0 Å². The maximum Gasteiger partial charge on any atom is 0.114 e. The summed E-state index contributed by atoms with van der Waals surface area (Å²) in [5.41, 5.74) is 3.36. The van der Waals surface area contributed by atoms with Crippen LogP contribution in [0.1, 0.15) is 23.1 Å². The molecule has 5 atom stereocenters. The Labute approximate surface area is 219 Å². The summed E-state index contributed by atoms with van der Waals surface area (Å²) in [6.45, 7) is 3.46. The van der Waals surface area contributed by atoms with Gasteiger partial charge in [0.2, 0.25) is 0 Å². The van der Waals surface area contributed by atoms with Gasteiger partial charge in [0.05, 0.1) is 45.2 Å². The predicted octanol–water partition coefficient (Wildman–Crippen LogP) is 4.21. The highest BCUT2D eigenvalue weighted by Crippen LogP contribution is 2.36. The molecule has 0 radical (unpaired) electrons. The Morgan fingerprint density at radius 1 is 0.730 bits per heavy atom. The van der Waals surface area contributed by atoms with E-state index in [9.17, 15) is 5.11 Å². The maximum absolute atomic E-state index is 9.73. The molecule has 6 heteroatoms. The van der Waals surface area contributed by atoms with Crippen LogP contribution in [0.5, 0.6) is 0 Å². The van der Waals surface area contributed by atoms with Crippen molar-refractivity contribution in [3.05, 3.63) is 108 Å². The molecule has 5 rings (SSSR count). The smallest absolute Gasteiger partial charge is 0.114 e. The maximum atomic E-state index is 9.73. The van der Waals surface area contributed by atoms with E-state index in [2.05, 4.69) is 41.3 Å². The summed E-state index contributed by atoms with van der Waals surface area (Å²) in [5.74, 6) is 0. The van der Waals surface area contributed by atoms with E-state index in [0.717, 1.165) is 29.7 Å². The van der Waals surface area contributed by atoms with E-state index in [0.29, 0.717) is 33.0 Å². The zero-order chi connectivity index (χ0) is 25.3. The van der Waals surface area contributed by atoms with E-state index < -0.39 is 0 Å². The molecule has 0 aromatic heterocycles. The van der Waals surface area contributed by atoms with Gasteiger partial charge in [-0.2, -0.15) is 0 Å². The van der Waals surface area contributed by atoms with Crippen molar-refractivity contribution in [2.75, 3.05) is 26.3 Å². The van der Waals surface area contributed by atoms with Gasteiger partial charge in [-0.25, -0.2) is 0 Å². The van der Waals surface area contributed by atoms with Crippen LogP contribution >= 0.6 is 0 Å². The topological polar surface area (TPSA) is 60.4 Å². The molecule has 2 saturated heterocycles. The normalized spacial score (nSPS) is 25.7. The first-order chi connectivity index (χ1) is 18.3. The molecule has 2 aliphatic rings. The first kappa shape index (κ1) is 26.0. The summed E-state index contributed by atoms with van der Waals surface area (Å²) in [5, 5.41) is 9.73. The Morgan fingerprint density at radius 2 is 1.27 bits per heavy atom. The highest BCUT2D eigenvalue weighted by molar-refractivity contribution is 5.16. The first-order valence-electron chi connectivity index (χ1n) is 13.2. The molecule has 0 aliphatic carbocycles. The molecule has 6 nitrogen and oxygen atoms in total. The average Bonchev–Trinajstić information content (AvgIpc) is 3.35. The second kappa shape index (κ2) is 13.3. The SMILES string of the molecule is OCCN1CCC2OC(COCc3ccccc3)C(OCc3ccccc3)C(OCc3ccccc3)C21. The molecule has 2 aliphatic heterocycles. The number of fused-ring (bicyclic) bond motifs is 1. The summed E-state index contributed by atoms with van der Waals surface area (Å²) in [6, 6.07) is 30.6. The summed E-state index contributed by atoms with van der Waals surface area (Å²) in [4.78, 5) is 2.29. The van der Waals surface area contributed by atoms with Crippen LogP contribution in [-0.2, 0) is 38.8 Å². The van der Waals surface area contributed by atoms with Crippen molar-refractivity contribution in [3.8, 4) is 0 Å². The largest absolute Gasteiger partial charge is 0.395 e. The van der Waals surface area contributed by atoms with Crippen LogP contribution in [0, 0.1) is 0 Å². The Balaban J connectivity index is 1.36. The molecule has 3 aromatic rings. The number of aliphatic hydroxyl groups is 1. The van der Waals surface area contributed by atoms with Gasteiger partial charge in [0.1, 0.15) is 18.3 Å². The number of rotatable bonds is 12. The first-order valence-corrected chi connectivity index (χ1v) is 13.2. The molecule has 1 N–H and O–H groups in total. The van der Waals surface area contributed by atoms with Crippen molar-refractivity contribution in [3.63, 3.8) is 0 Å². The highest BCUT2D eigenvalue weighted by atomic mass is 16.6. The highest BCUT2D eigenvalue weighted by Gasteiger charge is 2.52. The van der Waals surface area contributed by atoms with Gasteiger partial charge in [-0.05, 0) is 23.1 Å². The summed E-state index contributed by atoms with van der Waals surface area (Å²) >= 11 is 0. The van der Waals surface area contributed by atoms with Crippen molar-refractivity contribution in [2.24, 2.45) is 0 Å². The second-order valence-corrected chi connectivity index (χ2v) is 9.77. The van der Waals surface area contributed by atoms with Crippen LogP contribution in [0.15, 0.2) is 91.0 Å². The number of ether oxygens (including phenoxy) is 4. The molecule has 5 unspecified atom stereocenters. The lowest BCUT2D eigenvalue weighted by atomic mass is 9.92. The van der Waals surface area contributed by atoms with Crippen molar-refractivity contribution < 1.29 is 24.1 Å². The number of likely N-dealkylation sites (tertiary alicyclic amines) is 1. The van der Waals surface area contributed by atoms with Crippen LogP contribution in [0.4, 0.5) is 0 Å². The molecule has 196 valence electrons. The summed E-state index contributed by atoms with van der Waals surface area (Å²) in [6.07, 6.45) is 0.108. The van der Waals surface area contributed by atoms with E-state index in [4.69, 9.17) is 18.9 Å². The second-order valence-electron chi connectivity index (χ2n) is 9.77. The Bertz CT molecular complexity index is 1050. The molecule has 37 heavy (non-hydrogen) atoms. The van der Waals surface area contributed by atoms with E-state index >= 15 is 0 Å². The molecule has 0 amide bonds. The molecule has 2 fully saturated rings. The van der Waals surface area contributed by atoms with E-state index in [-0.39, 0.29) is 37.1 Å². The fraction of sp³-hybridized carbons (Fsp3) is 0.419. The van der Waals surface area contributed by atoms with Crippen molar-refractivity contribution in [1.29, 1.82) is 0 Å². The van der Waals surface area contributed by atoms with E-state index in [1.54, 1.807) is 0 Å². The van der Waals surface area contributed by atoms with Crippen LogP contribution in [0.3, 0.4) is 0 Å². The van der Waals surface area contributed by atoms with Gasteiger partial charge in [-0.3, -0.25) is 4.90 Å². The van der Waals surface area contributed by atoms with Gasteiger partial charge in [-0.15, -0.1) is 0 Å². The van der Waals surface area contributed by atoms with Gasteiger partial charge in [-0.1, -0.05) is 91.0 Å². The lowest BCUT2D eigenvalue weighted by Gasteiger charge is -2.46. The monoisotopic (exact) mass is 503 g/mol. The third-order valence-electron chi connectivity index (χ3n) is 7.23. The van der Waals surface area contributed by atoms with Gasteiger partial charge < -0.3 is 24.1 Å². The van der Waals surface area contributed by atoms with Crippen molar-refractivity contribution in [1.82, 2.24) is 4.90 Å². The van der Waals surface area contributed by atoms with Gasteiger partial charge >= 0.3 is 0 Å². The van der Waals surface area contributed by atoms with Crippen LogP contribution < -0.4 is 0 Å². The molecule has 0 saturated carbocycles. The van der Waals surface area contributed by atoms with E-state index in [1.807, 2.05) is 54.6 Å². The molecule has 0 spiro atoms. The quantitative estimate of drug-likeness (QED) is 0.400. The number of hydrogen-bond acceptors (Lipinski definition) is 6. The Kier molecular flexibility index (Phi) is 9.35. The zero-order valence-electron chi connectivity index (χ0n) is 21.2. The molecule has 2 heterocycles. The summed E-state index contributed by atoms with van der Waals surface area (Å²) < 4.78 is 26.1. The van der Waals surface area contributed by atoms with Gasteiger partial charge in [0.25, 0.3) is 0 Å². The summed E-state index contributed by atoms with van der Waals surface area (Å²) in [7, 11) is 0.